The predicted molar refractivity (Wildman–Crippen MR) is 86.7 cm³/mol. The number of rotatable bonds is 9. The fourth-order valence-corrected chi connectivity index (χ4v) is 2.40. The van der Waals surface area contributed by atoms with E-state index in [4.69, 9.17) is 11.5 Å². The van der Waals surface area contributed by atoms with Gasteiger partial charge in [-0.05, 0) is 30.7 Å². The first-order chi connectivity index (χ1) is 9.93. The Kier molecular flexibility index (Phi) is 7.18. The lowest BCUT2D eigenvalue weighted by atomic mass is 10.2. The van der Waals surface area contributed by atoms with Crippen LogP contribution < -0.4 is 21.7 Å². The van der Waals surface area contributed by atoms with Gasteiger partial charge < -0.3 is 21.7 Å². The summed E-state index contributed by atoms with van der Waals surface area (Å²) >= 11 is 3.50. The van der Waals surface area contributed by atoms with Gasteiger partial charge in [-0.15, -0.1) is 0 Å². The maximum absolute atomic E-state index is 11.1. The molecule has 0 radical (unpaired) electrons. The number of nitrogens with zero attached hydrogens (tertiary/aromatic N) is 1. The van der Waals surface area contributed by atoms with E-state index in [9.17, 15) is 9.59 Å². The lowest BCUT2D eigenvalue weighted by molar-refractivity contribution is -0.117. The van der Waals surface area contributed by atoms with E-state index in [1.54, 1.807) is 4.90 Å². The van der Waals surface area contributed by atoms with Crippen LogP contribution in [-0.4, -0.2) is 31.4 Å². The monoisotopic (exact) mass is 356 g/mol. The number of carbonyl (C=O) groups excluding carboxylic acids is 2. The minimum Gasteiger partial charge on any atom is -0.368 e. The molecule has 0 spiro atoms. The average molecular weight is 357 g/mol. The summed E-state index contributed by atoms with van der Waals surface area (Å²) in [6.07, 6.45) is 1.07. The summed E-state index contributed by atoms with van der Waals surface area (Å²) in [6, 6.07) is 5.64. The van der Waals surface area contributed by atoms with Crippen molar-refractivity contribution in [2.75, 3.05) is 24.5 Å². The smallest absolute Gasteiger partial charge is 0.236 e. The highest BCUT2D eigenvalue weighted by Crippen LogP contribution is 2.24. The number of amides is 2. The van der Waals surface area contributed by atoms with Crippen LogP contribution in [0.25, 0.3) is 0 Å². The molecule has 5 N–H and O–H groups in total. The van der Waals surface area contributed by atoms with Gasteiger partial charge in [-0.3, -0.25) is 9.59 Å². The SMILES string of the molecule is CCCNCc1ccc(N(CC(N)=O)CC(N)=O)cc1Br. The molecule has 0 unspecified atom stereocenters. The van der Waals surface area contributed by atoms with Crippen LogP contribution in [0.3, 0.4) is 0 Å². The van der Waals surface area contributed by atoms with Gasteiger partial charge in [0.15, 0.2) is 0 Å². The van der Waals surface area contributed by atoms with E-state index in [0.717, 1.165) is 35.2 Å². The molecule has 1 aromatic carbocycles. The third-order valence-electron chi connectivity index (χ3n) is 2.84. The van der Waals surface area contributed by atoms with Crippen LogP contribution in [0, 0.1) is 0 Å². The number of halogens is 1. The van der Waals surface area contributed by atoms with Gasteiger partial charge >= 0.3 is 0 Å². The molecule has 21 heavy (non-hydrogen) atoms. The summed E-state index contributed by atoms with van der Waals surface area (Å²) in [5.74, 6) is -1.03. The molecule has 0 aromatic heterocycles. The van der Waals surface area contributed by atoms with Crippen molar-refractivity contribution in [2.24, 2.45) is 11.5 Å². The molecule has 1 aromatic rings. The Balaban J connectivity index is 2.86. The van der Waals surface area contributed by atoms with Gasteiger partial charge in [0, 0.05) is 16.7 Å². The fourth-order valence-electron chi connectivity index (χ4n) is 1.89. The van der Waals surface area contributed by atoms with Crippen molar-refractivity contribution in [1.29, 1.82) is 0 Å². The first-order valence-corrected chi connectivity index (χ1v) is 7.54. The van der Waals surface area contributed by atoms with Crippen molar-refractivity contribution >= 4 is 33.4 Å². The highest BCUT2D eigenvalue weighted by Gasteiger charge is 2.13. The van der Waals surface area contributed by atoms with Crippen LogP contribution in [-0.2, 0) is 16.1 Å². The van der Waals surface area contributed by atoms with Crippen molar-refractivity contribution in [3.63, 3.8) is 0 Å². The molecule has 0 aliphatic carbocycles. The highest BCUT2D eigenvalue weighted by molar-refractivity contribution is 9.10. The number of benzene rings is 1. The molecule has 0 heterocycles. The second kappa shape index (κ2) is 8.63. The van der Waals surface area contributed by atoms with Crippen molar-refractivity contribution < 1.29 is 9.59 Å². The third-order valence-corrected chi connectivity index (χ3v) is 3.58. The van der Waals surface area contributed by atoms with Crippen LogP contribution in [0.15, 0.2) is 22.7 Å². The fraction of sp³-hybridized carbons (Fsp3) is 0.429. The molecular weight excluding hydrogens is 336 g/mol. The summed E-state index contributed by atoms with van der Waals surface area (Å²) in [5, 5.41) is 3.31. The van der Waals surface area contributed by atoms with Gasteiger partial charge in [0.2, 0.25) is 11.8 Å². The van der Waals surface area contributed by atoms with Crippen LogP contribution >= 0.6 is 15.9 Å². The van der Waals surface area contributed by atoms with Crippen molar-refractivity contribution in [3.05, 3.63) is 28.2 Å². The van der Waals surface area contributed by atoms with Gasteiger partial charge in [-0.2, -0.15) is 0 Å². The molecule has 0 saturated heterocycles. The van der Waals surface area contributed by atoms with Crippen molar-refractivity contribution in [3.8, 4) is 0 Å². The second-order valence-electron chi connectivity index (χ2n) is 4.74. The minimum absolute atomic E-state index is 0.0528. The molecule has 0 saturated carbocycles. The quantitative estimate of drug-likeness (QED) is 0.567. The zero-order valence-corrected chi connectivity index (χ0v) is 13.6. The Hall–Kier alpha value is -1.60. The minimum atomic E-state index is -0.513. The van der Waals surface area contributed by atoms with E-state index in [0.29, 0.717) is 0 Å². The molecular formula is C14H21BrN4O2. The van der Waals surface area contributed by atoms with Gasteiger partial charge in [-0.1, -0.05) is 28.9 Å². The molecule has 0 atom stereocenters. The molecule has 2 amide bonds. The molecule has 0 fully saturated rings. The highest BCUT2D eigenvalue weighted by atomic mass is 79.9. The number of carbonyl (C=O) groups is 2. The second-order valence-corrected chi connectivity index (χ2v) is 5.60. The molecule has 0 aliphatic rings. The Morgan fingerprint density at radius 2 is 1.86 bits per heavy atom. The zero-order valence-electron chi connectivity index (χ0n) is 12.1. The maximum atomic E-state index is 11.1. The topological polar surface area (TPSA) is 101 Å². The Bertz CT molecular complexity index is 492. The summed E-state index contributed by atoms with van der Waals surface area (Å²) < 4.78 is 0.905. The molecule has 7 heteroatoms. The summed E-state index contributed by atoms with van der Waals surface area (Å²) in [5.41, 5.74) is 12.2. The maximum Gasteiger partial charge on any atom is 0.236 e. The van der Waals surface area contributed by atoms with E-state index >= 15 is 0 Å². The molecule has 0 aliphatic heterocycles. The Labute approximate surface area is 133 Å². The van der Waals surface area contributed by atoms with Gasteiger partial charge in [0.1, 0.15) is 0 Å². The van der Waals surface area contributed by atoms with Gasteiger partial charge in [0.25, 0.3) is 0 Å². The first kappa shape index (κ1) is 17.5. The van der Waals surface area contributed by atoms with Gasteiger partial charge in [0.05, 0.1) is 13.1 Å². The van der Waals surface area contributed by atoms with Crippen LogP contribution in [0.2, 0.25) is 0 Å². The number of hydrogen-bond acceptors (Lipinski definition) is 4. The lowest BCUT2D eigenvalue weighted by Gasteiger charge is -2.22. The van der Waals surface area contributed by atoms with E-state index in [-0.39, 0.29) is 13.1 Å². The predicted octanol–water partition coefficient (Wildman–Crippen LogP) is 0.726. The molecule has 6 nitrogen and oxygen atoms in total. The van der Waals surface area contributed by atoms with Crippen molar-refractivity contribution in [1.82, 2.24) is 5.32 Å². The summed E-state index contributed by atoms with van der Waals surface area (Å²) in [6.45, 7) is 3.70. The number of anilines is 1. The van der Waals surface area contributed by atoms with E-state index in [2.05, 4.69) is 28.2 Å². The van der Waals surface area contributed by atoms with E-state index in [1.165, 1.54) is 0 Å². The van der Waals surface area contributed by atoms with Gasteiger partial charge in [-0.25, -0.2) is 0 Å². The third kappa shape index (κ3) is 6.14. The number of hydrogen-bond donors (Lipinski definition) is 3. The zero-order chi connectivity index (χ0) is 15.8. The standard InChI is InChI=1S/C14H21BrN4O2/c1-2-5-18-7-10-3-4-11(6-12(10)15)19(8-13(16)20)9-14(17)21/h3-4,6,18H,2,5,7-9H2,1H3,(H2,16,20)(H2,17,21). The Morgan fingerprint density at radius 3 is 2.33 bits per heavy atom. The average Bonchev–Trinajstić information content (AvgIpc) is 2.39. The molecule has 1 rings (SSSR count). The molecule has 0 bridgehead atoms. The van der Waals surface area contributed by atoms with Crippen LogP contribution in [0.4, 0.5) is 5.69 Å². The lowest BCUT2D eigenvalue weighted by Crippen LogP contribution is -2.39. The number of primary amides is 2. The number of nitrogens with one attached hydrogen (secondary N) is 1. The van der Waals surface area contributed by atoms with Crippen LogP contribution in [0.1, 0.15) is 18.9 Å². The summed E-state index contributed by atoms with van der Waals surface area (Å²) in [4.78, 5) is 23.7. The molecule has 116 valence electrons. The van der Waals surface area contributed by atoms with Crippen LogP contribution in [0.5, 0.6) is 0 Å². The van der Waals surface area contributed by atoms with E-state index in [1.807, 2.05) is 18.2 Å². The van der Waals surface area contributed by atoms with Crippen molar-refractivity contribution in [2.45, 2.75) is 19.9 Å². The summed E-state index contributed by atoms with van der Waals surface area (Å²) in [7, 11) is 0. The first-order valence-electron chi connectivity index (χ1n) is 6.74. The number of nitrogens with two attached hydrogens (primary N) is 2. The Morgan fingerprint density at radius 1 is 1.24 bits per heavy atom. The largest absolute Gasteiger partial charge is 0.368 e. The normalized spacial score (nSPS) is 10.4. The van der Waals surface area contributed by atoms with E-state index < -0.39 is 11.8 Å².